The lowest BCUT2D eigenvalue weighted by Crippen LogP contribution is -2.32. The van der Waals surface area contributed by atoms with Crippen LogP contribution in [-0.4, -0.2) is 37.6 Å². The number of hydrogen-bond acceptors (Lipinski definition) is 3. The summed E-state index contributed by atoms with van der Waals surface area (Å²) in [6.45, 7) is 2.72. The second kappa shape index (κ2) is 6.60. The van der Waals surface area contributed by atoms with E-state index in [1.807, 2.05) is 0 Å². The summed E-state index contributed by atoms with van der Waals surface area (Å²) < 4.78 is 40.4. The number of piperidine rings is 1. The van der Waals surface area contributed by atoms with E-state index >= 15 is 0 Å². The highest BCUT2D eigenvalue weighted by Crippen LogP contribution is 2.29. The highest BCUT2D eigenvalue weighted by Gasteiger charge is 2.27. The summed E-state index contributed by atoms with van der Waals surface area (Å²) in [7, 11) is 0. The molecule has 1 heterocycles. The summed E-state index contributed by atoms with van der Waals surface area (Å²) in [5.41, 5.74) is -4.13. The van der Waals surface area contributed by atoms with Crippen LogP contribution in [0.3, 0.4) is 0 Å². The quantitative estimate of drug-likeness (QED) is 0.748. The minimum absolute atomic E-state index is 0.0103. The Morgan fingerprint density at radius 2 is 2.20 bits per heavy atom. The van der Waals surface area contributed by atoms with Gasteiger partial charge in [0.05, 0.1) is 13.2 Å². The third-order valence-electron chi connectivity index (χ3n) is 2.25. The predicted octanol–water partition coefficient (Wildman–Crippen LogP) is 2.26. The third-order valence-corrected chi connectivity index (χ3v) is 2.94. The molecule has 1 aliphatic heterocycles. The molecular formula is C9H16F3NOS. The molecule has 2 nitrogen and oxygen atoms in total. The van der Waals surface area contributed by atoms with Crippen molar-refractivity contribution < 1.29 is 17.9 Å². The SMILES string of the molecule is FC(F)(F)SCCOCC1CCCNC1. The zero-order valence-corrected chi connectivity index (χ0v) is 9.29. The highest BCUT2D eigenvalue weighted by atomic mass is 32.2. The molecule has 6 heteroatoms. The molecule has 1 unspecified atom stereocenters. The van der Waals surface area contributed by atoms with Crippen molar-refractivity contribution in [1.29, 1.82) is 0 Å². The Morgan fingerprint density at radius 1 is 1.40 bits per heavy atom. The molecular weight excluding hydrogens is 227 g/mol. The first-order valence-electron chi connectivity index (χ1n) is 5.07. The van der Waals surface area contributed by atoms with Gasteiger partial charge in [0, 0.05) is 12.3 Å². The summed E-state index contributed by atoms with van der Waals surface area (Å²) in [5, 5.41) is 3.23. The average Bonchev–Trinajstić information content (AvgIpc) is 2.17. The molecule has 0 amide bonds. The van der Waals surface area contributed by atoms with Crippen molar-refractivity contribution in [3.8, 4) is 0 Å². The number of thioether (sulfide) groups is 1. The molecule has 15 heavy (non-hydrogen) atoms. The van der Waals surface area contributed by atoms with Crippen molar-refractivity contribution in [3.63, 3.8) is 0 Å². The molecule has 1 saturated heterocycles. The van der Waals surface area contributed by atoms with E-state index in [4.69, 9.17) is 4.74 Å². The molecule has 0 saturated carbocycles. The molecule has 0 radical (unpaired) electrons. The van der Waals surface area contributed by atoms with Gasteiger partial charge in [0.15, 0.2) is 0 Å². The fourth-order valence-corrected chi connectivity index (χ4v) is 1.97. The molecule has 0 spiro atoms. The second-order valence-electron chi connectivity index (χ2n) is 3.58. The molecule has 0 aromatic carbocycles. The lowest BCUT2D eigenvalue weighted by Gasteiger charge is -2.22. The molecule has 0 aromatic rings. The highest BCUT2D eigenvalue weighted by molar-refractivity contribution is 8.00. The fraction of sp³-hybridized carbons (Fsp3) is 1.00. The Balaban J connectivity index is 1.92. The largest absolute Gasteiger partial charge is 0.441 e. The lowest BCUT2D eigenvalue weighted by atomic mass is 10.0. The van der Waals surface area contributed by atoms with Gasteiger partial charge in [-0.2, -0.15) is 13.2 Å². The molecule has 1 N–H and O–H groups in total. The summed E-state index contributed by atoms with van der Waals surface area (Å²) >= 11 is -0.0205. The average molecular weight is 243 g/mol. The zero-order valence-electron chi connectivity index (χ0n) is 8.48. The van der Waals surface area contributed by atoms with Crippen molar-refractivity contribution in [1.82, 2.24) is 5.32 Å². The number of halogens is 3. The number of ether oxygens (including phenoxy) is 1. The predicted molar refractivity (Wildman–Crippen MR) is 54.9 cm³/mol. The van der Waals surface area contributed by atoms with Crippen LogP contribution in [0.15, 0.2) is 0 Å². The van der Waals surface area contributed by atoms with E-state index in [9.17, 15) is 13.2 Å². The van der Waals surface area contributed by atoms with Gasteiger partial charge >= 0.3 is 5.51 Å². The number of nitrogens with one attached hydrogen (secondary N) is 1. The van der Waals surface area contributed by atoms with Gasteiger partial charge in [-0.05, 0) is 37.1 Å². The van der Waals surface area contributed by atoms with Crippen LogP contribution in [0.5, 0.6) is 0 Å². The first-order valence-corrected chi connectivity index (χ1v) is 6.05. The van der Waals surface area contributed by atoms with Crippen LogP contribution in [-0.2, 0) is 4.74 Å². The van der Waals surface area contributed by atoms with Crippen molar-refractivity contribution in [2.75, 3.05) is 32.1 Å². The first kappa shape index (κ1) is 13.1. The number of hydrogen-bond donors (Lipinski definition) is 1. The lowest BCUT2D eigenvalue weighted by molar-refractivity contribution is -0.0332. The van der Waals surface area contributed by atoms with Crippen LogP contribution in [0.4, 0.5) is 13.2 Å². The maximum Gasteiger partial charge on any atom is 0.441 e. The molecule has 0 aromatic heterocycles. The molecule has 1 atom stereocenters. The molecule has 90 valence electrons. The van der Waals surface area contributed by atoms with Crippen LogP contribution in [0, 0.1) is 5.92 Å². The minimum atomic E-state index is -4.13. The van der Waals surface area contributed by atoms with Crippen LogP contribution in [0.2, 0.25) is 0 Å². The topological polar surface area (TPSA) is 21.3 Å². The third kappa shape index (κ3) is 7.03. The van der Waals surface area contributed by atoms with Gasteiger partial charge in [0.2, 0.25) is 0 Å². The second-order valence-corrected chi connectivity index (χ2v) is 4.74. The van der Waals surface area contributed by atoms with Gasteiger partial charge in [-0.3, -0.25) is 0 Å². The molecule has 1 fully saturated rings. The Labute approximate surface area is 91.9 Å². The summed E-state index contributed by atoms with van der Waals surface area (Å²) in [6, 6.07) is 0. The maximum atomic E-state index is 11.7. The standard InChI is InChI=1S/C9H16F3NOS/c10-9(11,12)15-5-4-14-7-8-2-1-3-13-6-8/h8,13H,1-7H2. The molecule has 1 rings (SSSR count). The Hall–Kier alpha value is 0.0600. The van der Waals surface area contributed by atoms with Crippen molar-refractivity contribution in [3.05, 3.63) is 0 Å². The van der Waals surface area contributed by atoms with E-state index in [1.54, 1.807) is 0 Å². The smallest absolute Gasteiger partial charge is 0.380 e. The molecule has 0 bridgehead atoms. The summed E-state index contributed by atoms with van der Waals surface area (Å²) in [5.74, 6) is 0.457. The Bertz CT molecular complexity index is 171. The van der Waals surface area contributed by atoms with Gasteiger partial charge in [0.1, 0.15) is 0 Å². The normalized spacial score (nSPS) is 23.0. The van der Waals surface area contributed by atoms with Crippen LogP contribution >= 0.6 is 11.8 Å². The van der Waals surface area contributed by atoms with E-state index in [2.05, 4.69) is 5.32 Å². The van der Waals surface area contributed by atoms with Crippen LogP contribution < -0.4 is 5.32 Å². The monoisotopic (exact) mass is 243 g/mol. The van der Waals surface area contributed by atoms with E-state index in [1.165, 1.54) is 0 Å². The van der Waals surface area contributed by atoms with Gasteiger partial charge < -0.3 is 10.1 Å². The summed E-state index contributed by atoms with van der Waals surface area (Å²) in [4.78, 5) is 0. The van der Waals surface area contributed by atoms with Gasteiger partial charge in [-0.15, -0.1) is 0 Å². The van der Waals surface area contributed by atoms with Crippen molar-refractivity contribution in [2.45, 2.75) is 18.3 Å². The fourth-order valence-electron chi connectivity index (χ4n) is 1.53. The Morgan fingerprint density at radius 3 is 2.80 bits per heavy atom. The first-order chi connectivity index (χ1) is 7.08. The van der Waals surface area contributed by atoms with Crippen molar-refractivity contribution >= 4 is 11.8 Å². The van der Waals surface area contributed by atoms with Crippen LogP contribution in [0.25, 0.3) is 0 Å². The minimum Gasteiger partial charge on any atom is -0.380 e. The molecule has 0 aliphatic carbocycles. The maximum absolute atomic E-state index is 11.7. The van der Waals surface area contributed by atoms with Gasteiger partial charge in [-0.25, -0.2) is 0 Å². The van der Waals surface area contributed by atoms with Crippen molar-refractivity contribution in [2.24, 2.45) is 5.92 Å². The van der Waals surface area contributed by atoms with E-state index in [0.29, 0.717) is 12.5 Å². The van der Waals surface area contributed by atoms with E-state index in [0.717, 1.165) is 25.9 Å². The summed E-state index contributed by atoms with van der Waals surface area (Å²) in [6.07, 6.45) is 2.24. The number of rotatable bonds is 5. The zero-order chi connectivity index (χ0) is 11.1. The van der Waals surface area contributed by atoms with Gasteiger partial charge in [-0.1, -0.05) is 0 Å². The number of alkyl halides is 3. The van der Waals surface area contributed by atoms with Gasteiger partial charge in [0.25, 0.3) is 0 Å². The van der Waals surface area contributed by atoms with E-state index in [-0.39, 0.29) is 24.1 Å². The Kier molecular flexibility index (Phi) is 5.78. The van der Waals surface area contributed by atoms with E-state index < -0.39 is 5.51 Å². The van der Waals surface area contributed by atoms with Crippen LogP contribution in [0.1, 0.15) is 12.8 Å². The molecule has 1 aliphatic rings.